The Balaban J connectivity index is 1.49. The van der Waals surface area contributed by atoms with Crippen molar-refractivity contribution in [2.75, 3.05) is 29.9 Å². The number of anilines is 2. The van der Waals surface area contributed by atoms with Gasteiger partial charge in [0, 0.05) is 24.5 Å². The summed E-state index contributed by atoms with van der Waals surface area (Å²) in [5, 5.41) is 9.48. The van der Waals surface area contributed by atoms with Gasteiger partial charge in [-0.3, -0.25) is 4.79 Å². The highest BCUT2D eigenvalue weighted by molar-refractivity contribution is 5.87. The molecule has 0 saturated carbocycles. The number of fused-ring (bicyclic) bond motifs is 1. The molecule has 28 heavy (non-hydrogen) atoms. The molecule has 0 saturated heterocycles. The van der Waals surface area contributed by atoms with Gasteiger partial charge < -0.3 is 10.2 Å². The van der Waals surface area contributed by atoms with Crippen LogP contribution in [0.15, 0.2) is 71.8 Å². The van der Waals surface area contributed by atoms with Gasteiger partial charge in [0.15, 0.2) is 0 Å². The van der Waals surface area contributed by atoms with Crippen molar-refractivity contribution in [1.82, 2.24) is 5.43 Å². The number of rotatable bonds is 8. The van der Waals surface area contributed by atoms with Gasteiger partial charge in [-0.25, -0.2) is 5.43 Å². The van der Waals surface area contributed by atoms with Crippen molar-refractivity contribution < 1.29 is 4.79 Å². The van der Waals surface area contributed by atoms with Gasteiger partial charge in [-0.2, -0.15) is 5.10 Å². The number of nitrogens with zero attached hydrogens (tertiary/aromatic N) is 2. The van der Waals surface area contributed by atoms with Gasteiger partial charge in [-0.1, -0.05) is 42.5 Å². The predicted molar refractivity (Wildman–Crippen MR) is 118 cm³/mol. The standard InChI is InChI=1S/C23H26N4O/c1-3-27(4-2)22-13-9-18(10-14-22)16-25-26-23(28)17-24-21-12-11-19-7-5-6-8-20(19)15-21/h5-16,24H,3-4,17H2,1-2H3,(H,26,28)/b25-16-. The van der Waals surface area contributed by atoms with E-state index < -0.39 is 0 Å². The Bertz CT molecular complexity index is 946. The molecule has 0 fully saturated rings. The highest BCUT2D eigenvalue weighted by Gasteiger charge is 2.02. The second-order valence-corrected chi connectivity index (χ2v) is 6.47. The molecule has 0 spiro atoms. The number of carbonyl (C=O) groups excluding carboxylic acids is 1. The number of nitrogens with one attached hydrogen (secondary N) is 2. The molecule has 144 valence electrons. The zero-order valence-corrected chi connectivity index (χ0v) is 16.4. The first-order valence-electron chi connectivity index (χ1n) is 9.59. The average Bonchev–Trinajstić information content (AvgIpc) is 2.74. The highest BCUT2D eigenvalue weighted by Crippen LogP contribution is 2.18. The first-order valence-corrected chi connectivity index (χ1v) is 9.59. The predicted octanol–water partition coefficient (Wildman–Crippen LogP) is 4.25. The summed E-state index contributed by atoms with van der Waals surface area (Å²) in [5.41, 5.74) is 5.59. The van der Waals surface area contributed by atoms with Crippen LogP contribution in [-0.2, 0) is 4.79 Å². The van der Waals surface area contributed by atoms with Crippen LogP contribution >= 0.6 is 0 Å². The lowest BCUT2D eigenvalue weighted by molar-refractivity contribution is -0.119. The smallest absolute Gasteiger partial charge is 0.259 e. The molecule has 2 N–H and O–H groups in total. The molecule has 3 rings (SSSR count). The summed E-state index contributed by atoms with van der Waals surface area (Å²) >= 11 is 0. The lowest BCUT2D eigenvalue weighted by Gasteiger charge is -2.20. The van der Waals surface area contributed by atoms with Crippen LogP contribution in [0.3, 0.4) is 0 Å². The molecule has 0 aromatic heterocycles. The van der Waals surface area contributed by atoms with Crippen LogP contribution in [0.1, 0.15) is 19.4 Å². The maximum Gasteiger partial charge on any atom is 0.259 e. The van der Waals surface area contributed by atoms with Crippen LogP contribution in [0, 0.1) is 0 Å². The largest absolute Gasteiger partial charge is 0.376 e. The third kappa shape index (κ3) is 5.10. The molecule has 3 aromatic carbocycles. The second-order valence-electron chi connectivity index (χ2n) is 6.47. The van der Waals surface area contributed by atoms with Gasteiger partial charge in [-0.05, 0) is 54.4 Å². The van der Waals surface area contributed by atoms with Crippen LogP contribution in [0.25, 0.3) is 10.8 Å². The number of amides is 1. The maximum atomic E-state index is 12.0. The Hall–Kier alpha value is -3.34. The quantitative estimate of drug-likeness (QED) is 0.458. The Morgan fingerprint density at radius 1 is 0.964 bits per heavy atom. The molecule has 1 amide bonds. The Morgan fingerprint density at radius 2 is 1.68 bits per heavy atom. The van der Waals surface area contributed by atoms with E-state index in [4.69, 9.17) is 0 Å². The van der Waals surface area contributed by atoms with E-state index >= 15 is 0 Å². The number of hydrogen-bond acceptors (Lipinski definition) is 4. The topological polar surface area (TPSA) is 56.7 Å². The number of hydrazone groups is 1. The van der Waals surface area contributed by atoms with Crippen LogP contribution in [-0.4, -0.2) is 31.8 Å². The fourth-order valence-electron chi connectivity index (χ4n) is 3.06. The van der Waals surface area contributed by atoms with Crippen LogP contribution in [0.5, 0.6) is 0 Å². The van der Waals surface area contributed by atoms with Crippen LogP contribution < -0.4 is 15.6 Å². The lowest BCUT2D eigenvalue weighted by atomic mass is 10.1. The van der Waals surface area contributed by atoms with Gasteiger partial charge in [0.2, 0.25) is 0 Å². The van der Waals surface area contributed by atoms with E-state index in [1.807, 2.05) is 42.5 Å². The third-order valence-electron chi connectivity index (χ3n) is 4.63. The van der Waals surface area contributed by atoms with Crippen LogP contribution in [0.2, 0.25) is 0 Å². The normalized spacial score (nSPS) is 10.9. The Kier molecular flexibility index (Phi) is 6.63. The highest BCUT2D eigenvalue weighted by atomic mass is 16.2. The molecule has 0 atom stereocenters. The molecule has 0 aliphatic carbocycles. The lowest BCUT2D eigenvalue weighted by Crippen LogP contribution is -2.25. The minimum absolute atomic E-state index is 0.163. The minimum Gasteiger partial charge on any atom is -0.376 e. The summed E-state index contributed by atoms with van der Waals surface area (Å²) in [7, 11) is 0. The number of benzene rings is 3. The molecule has 0 aliphatic heterocycles. The Labute approximate surface area is 166 Å². The van der Waals surface area contributed by atoms with Gasteiger partial charge in [-0.15, -0.1) is 0 Å². The molecule has 0 heterocycles. The van der Waals surface area contributed by atoms with Crippen molar-refractivity contribution in [3.63, 3.8) is 0 Å². The van der Waals surface area contributed by atoms with Crippen molar-refractivity contribution in [3.8, 4) is 0 Å². The number of carbonyl (C=O) groups is 1. The molecular weight excluding hydrogens is 348 g/mol. The second kappa shape index (κ2) is 9.55. The Morgan fingerprint density at radius 3 is 2.39 bits per heavy atom. The van der Waals surface area contributed by atoms with E-state index in [2.05, 4.69) is 58.9 Å². The minimum atomic E-state index is -0.191. The number of hydrogen-bond donors (Lipinski definition) is 2. The molecule has 0 aliphatic rings. The van der Waals surface area contributed by atoms with Gasteiger partial charge in [0.25, 0.3) is 5.91 Å². The van der Waals surface area contributed by atoms with E-state index in [9.17, 15) is 4.79 Å². The van der Waals surface area contributed by atoms with Crippen molar-refractivity contribution in [2.45, 2.75) is 13.8 Å². The summed E-state index contributed by atoms with van der Waals surface area (Å²) < 4.78 is 0. The SMILES string of the molecule is CCN(CC)c1ccc(/C=N\NC(=O)CNc2ccc3ccccc3c2)cc1. The third-order valence-corrected chi connectivity index (χ3v) is 4.63. The van der Waals surface area contributed by atoms with Gasteiger partial charge in [0.05, 0.1) is 12.8 Å². The molecule has 5 nitrogen and oxygen atoms in total. The summed E-state index contributed by atoms with van der Waals surface area (Å²) in [6, 6.07) is 22.3. The van der Waals surface area contributed by atoms with Crippen molar-refractivity contribution >= 4 is 34.3 Å². The average molecular weight is 374 g/mol. The van der Waals surface area contributed by atoms with Crippen LogP contribution in [0.4, 0.5) is 11.4 Å². The van der Waals surface area contributed by atoms with Crippen molar-refractivity contribution in [1.29, 1.82) is 0 Å². The van der Waals surface area contributed by atoms with E-state index in [0.29, 0.717) is 0 Å². The molecule has 3 aromatic rings. The van der Waals surface area contributed by atoms with E-state index in [0.717, 1.165) is 29.7 Å². The maximum absolute atomic E-state index is 12.0. The molecule has 0 unspecified atom stereocenters. The molecule has 0 radical (unpaired) electrons. The van der Waals surface area contributed by atoms with Gasteiger partial charge in [0.1, 0.15) is 0 Å². The first kappa shape index (κ1) is 19.4. The van der Waals surface area contributed by atoms with Crippen molar-refractivity contribution in [2.24, 2.45) is 5.10 Å². The monoisotopic (exact) mass is 374 g/mol. The van der Waals surface area contributed by atoms with E-state index in [-0.39, 0.29) is 12.5 Å². The van der Waals surface area contributed by atoms with Gasteiger partial charge >= 0.3 is 0 Å². The van der Waals surface area contributed by atoms with Crippen molar-refractivity contribution in [3.05, 3.63) is 72.3 Å². The summed E-state index contributed by atoms with van der Waals surface area (Å²) in [6.07, 6.45) is 1.65. The summed E-state index contributed by atoms with van der Waals surface area (Å²) in [5.74, 6) is -0.191. The molecule has 5 heteroatoms. The summed E-state index contributed by atoms with van der Waals surface area (Å²) in [4.78, 5) is 14.3. The van der Waals surface area contributed by atoms with E-state index in [1.165, 1.54) is 11.1 Å². The fraction of sp³-hybridized carbons (Fsp3) is 0.217. The zero-order valence-electron chi connectivity index (χ0n) is 16.4. The summed E-state index contributed by atoms with van der Waals surface area (Å²) in [6.45, 7) is 6.39. The zero-order chi connectivity index (χ0) is 19.8. The molecular formula is C23H26N4O. The first-order chi connectivity index (χ1) is 13.7. The fourth-order valence-corrected chi connectivity index (χ4v) is 3.06. The van der Waals surface area contributed by atoms with E-state index in [1.54, 1.807) is 6.21 Å². The molecule has 0 bridgehead atoms.